The first-order chi connectivity index (χ1) is 16.7. The van der Waals surface area contributed by atoms with Gasteiger partial charge in [-0.3, -0.25) is 4.90 Å². The van der Waals surface area contributed by atoms with Gasteiger partial charge >= 0.3 is 0 Å². The molecule has 34 heavy (non-hydrogen) atoms. The minimum atomic E-state index is 0.118. The largest absolute Gasteiger partial charge is 0.497 e. The Morgan fingerprint density at radius 3 is 2.29 bits per heavy atom. The van der Waals surface area contributed by atoms with E-state index in [1.165, 1.54) is 31.5 Å². The van der Waals surface area contributed by atoms with Gasteiger partial charge in [0, 0.05) is 13.1 Å². The number of rotatable bonds is 8. The summed E-state index contributed by atoms with van der Waals surface area (Å²) in [6, 6.07) is 18.6. The van der Waals surface area contributed by atoms with Gasteiger partial charge in [0.2, 0.25) is 5.82 Å². The minimum absolute atomic E-state index is 0.118. The van der Waals surface area contributed by atoms with Gasteiger partial charge in [0.1, 0.15) is 17.6 Å². The number of anilines is 1. The quantitative estimate of drug-likeness (QED) is 0.432. The highest BCUT2D eigenvalue weighted by Crippen LogP contribution is 2.22. The second-order valence-electron chi connectivity index (χ2n) is 8.55. The monoisotopic (exact) mass is 453 g/mol. The first kappa shape index (κ1) is 21.9. The maximum atomic E-state index is 9.48. The third-order valence-electron chi connectivity index (χ3n) is 6.18. The Bertz CT molecular complexity index is 1300. The molecule has 3 heterocycles. The van der Waals surface area contributed by atoms with Crippen molar-refractivity contribution in [3.63, 3.8) is 0 Å². The standard InChI is InChI=1S/C26H27N7O/c1-34-22-10-8-19(9-11-22)15-28-25-23-16-29-33(26(23)31-24(14-27)30-25)18-21-6-4-20(5-7-21)17-32-12-2-3-13-32/h4-11,16H,2-3,12-13,15,17-18H2,1H3,(H,28,30,31). The number of methoxy groups -OCH3 is 1. The lowest BCUT2D eigenvalue weighted by atomic mass is 10.1. The Hall–Kier alpha value is -3.96. The van der Waals surface area contributed by atoms with E-state index in [4.69, 9.17) is 4.74 Å². The molecule has 5 rings (SSSR count). The fourth-order valence-corrected chi connectivity index (χ4v) is 4.31. The van der Waals surface area contributed by atoms with Crippen LogP contribution < -0.4 is 10.1 Å². The van der Waals surface area contributed by atoms with E-state index < -0.39 is 0 Å². The summed E-state index contributed by atoms with van der Waals surface area (Å²) in [7, 11) is 1.65. The summed E-state index contributed by atoms with van der Waals surface area (Å²) in [4.78, 5) is 11.3. The molecule has 172 valence electrons. The molecule has 2 aromatic heterocycles. The van der Waals surface area contributed by atoms with Crippen LogP contribution in [0.3, 0.4) is 0 Å². The van der Waals surface area contributed by atoms with Gasteiger partial charge in [-0.05, 0) is 54.8 Å². The van der Waals surface area contributed by atoms with Crippen LogP contribution in [0.25, 0.3) is 11.0 Å². The Morgan fingerprint density at radius 1 is 0.941 bits per heavy atom. The number of likely N-dealkylation sites (tertiary alicyclic amines) is 1. The van der Waals surface area contributed by atoms with E-state index in [9.17, 15) is 5.26 Å². The van der Waals surface area contributed by atoms with Gasteiger partial charge in [0.05, 0.1) is 25.2 Å². The maximum absolute atomic E-state index is 9.48. The third kappa shape index (κ3) is 4.85. The summed E-state index contributed by atoms with van der Waals surface area (Å²) >= 11 is 0. The van der Waals surface area contributed by atoms with Gasteiger partial charge < -0.3 is 10.1 Å². The van der Waals surface area contributed by atoms with E-state index in [-0.39, 0.29) is 5.82 Å². The third-order valence-corrected chi connectivity index (χ3v) is 6.18. The molecule has 4 aromatic rings. The summed E-state index contributed by atoms with van der Waals surface area (Å²) in [5, 5.41) is 18.2. The summed E-state index contributed by atoms with van der Waals surface area (Å²) in [6.45, 7) is 4.53. The van der Waals surface area contributed by atoms with Crippen LogP contribution >= 0.6 is 0 Å². The van der Waals surface area contributed by atoms with Crippen LogP contribution in [0.5, 0.6) is 5.75 Å². The highest BCUT2D eigenvalue weighted by atomic mass is 16.5. The number of hydrogen-bond donors (Lipinski definition) is 1. The lowest BCUT2D eigenvalue weighted by Gasteiger charge is -2.14. The highest BCUT2D eigenvalue weighted by Gasteiger charge is 2.14. The first-order valence-electron chi connectivity index (χ1n) is 11.5. The van der Waals surface area contributed by atoms with E-state index in [1.54, 1.807) is 13.3 Å². The summed E-state index contributed by atoms with van der Waals surface area (Å²) in [5.74, 6) is 1.53. The molecule has 0 amide bonds. The zero-order chi connectivity index (χ0) is 23.3. The molecular weight excluding hydrogens is 426 g/mol. The van der Waals surface area contributed by atoms with Crippen LogP contribution in [0.2, 0.25) is 0 Å². The molecule has 1 fully saturated rings. The van der Waals surface area contributed by atoms with Crippen molar-refractivity contribution >= 4 is 16.9 Å². The van der Waals surface area contributed by atoms with Crippen LogP contribution in [0.15, 0.2) is 54.7 Å². The topological polar surface area (TPSA) is 91.9 Å². The summed E-state index contributed by atoms with van der Waals surface area (Å²) in [6.07, 6.45) is 4.36. The van der Waals surface area contributed by atoms with Crippen molar-refractivity contribution < 1.29 is 4.74 Å². The van der Waals surface area contributed by atoms with Crippen LogP contribution in [-0.2, 0) is 19.6 Å². The molecular formula is C26H27N7O. The molecule has 0 unspecified atom stereocenters. The number of nitrogens with one attached hydrogen (secondary N) is 1. The fraction of sp³-hybridized carbons (Fsp3) is 0.308. The number of nitrogens with zero attached hydrogens (tertiary/aromatic N) is 6. The van der Waals surface area contributed by atoms with Crippen LogP contribution in [0.1, 0.15) is 35.4 Å². The fourth-order valence-electron chi connectivity index (χ4n) is 4.31. The minimum Gasteiger partial charge on any atom is -0.497 e. The Morgan fingerprint density at radius 2 is 1.62 bits per heavy atom. The second kappa shape index (κ2) is 9.89. The Balaban J connectivity index is 1.33. The zero-order valence-corrected chi connectivity index (χ0v) is 19.2. The molecule has 1 aliphatic rings. The lowest BCUT2D eigenvalue weighted by Crippen LogP contribution is -2.18. The first-order valence-corrected chi connectivity index (χ1v) is 11.5. The SMILES string of the molecule is COc1ccc(CNc2nc(C#N)nc3c2cnn3Cc2ccc(CN3CCCC3)cc2)cc1. The smallest absolute Gasteiger partial charge is 0.236 e. The van der Waals surface area contributed by atoms with E-state index in [1.807, 2.05) is 28.9 Å². The van der Waals surface area contributed by atoms with Crippen LogP contribution in [0, 0.1) is 11.3 Å². The van der Waals surface area contributed by atoms with Crippen LogP contribution in [0.4, 0.5) is 5.82 Å². The van der Waals surface area contributed by atoms with Crippen molar-refractivity contribution in [1.82, 2.24) is 24.6 Å². The van der Waals surface area contributed by atoms with Crippen molar-refractivity contribution in [2.75, 3.05) is 25.5 Å². The molecule has 0 aliphatic carbocycles. The molecule has 1 N–H and O–H groups in total. The maximum Gasteiger partial charge on any atom is 0.236 e. The normalized spacial score (nSPS) is 13.8. The molecule has 0 atom stereocenters. The molecule has 0 bridgehead atoms. The van der Waals surface area contributed by atoms with Crippen LogP contribution in [-0.4, -0.2) is 44.8 Å². The van der Waals surface area contributed by atoms with Crippen molar-refractivity contribution in [3.05, 3.63) is 77.2 Å². The van der Waals surface area contributed by atoms with Crippen molar-refractivity contribution in [1.29, 1.82) is 5.26 Å². The predicted octanol–water partition coefficient (Wildman–Crippen LogP) is 3.96. The molecule has 0 spiro atoms. The van der Waals surface area contributed by atoms with Gasteiger partial charge in [0.15, 0.2) is 5.65 Å². The van der Waals surface area contributed by atoms with Gasteiger partial charge in [-0.25, -0.2) is 9.67 Å². The average molecular weight is 454 g/mol. The molecule has 0 saturated carbocycles. The van der Waals surface area contributed by atoms with Crippen molar-refractivity contribution in [2.45, 2.75) is 32.5 Å². The van der Waals surface area contributed by atoms with E-state index in [0.717, 1.165) is 28.8 Å². The lowest BCUT2D eigenvalue weighted by molar-refractivity contribution is 0.331. The number of fused-ring (bicyclic) bond motifs is 1. The van der Waals surface area contributed by atoms with Gasteiger partial charge in [-0.15, -0.1) is 0 Å². The Kier molecular flexibility index (Phi) is 6.36. The number of hydrogen-bond acceptors (Lipinski definition) is 7. The molecule has 2 aromatic carbocycles. The molecule has 1 aliphatic heterocycles. The van der Waals surface area contributed by atoms with Crippen molar-refractivity contribution in [2.24, 2.45) is 0 Å². The molecule has 0 radical (unpaired) electrons. The van der Waals surface area contributed by atoms with E-state index in [0.29, 0.717) is 24.6 Å². The molecule has 8 heteroatoms. The second-order valence-corrected chi connectivity index (χ2v) is 8.55. The van der Waals surface area contributed by atoms with E-state index in [2.05, 4.69) is 55.6 Å². The van der Waals surface area contributed by atoms with Gasteiger partial charge in [-0.1, -0.05) is 36.4 Å². The summed E-state index contributed by atoms with van der Waals surface area (Å²) in [5.41, 5.74) is 4.19. The van der Waals surface area contributed by atoms with Gasteiger partial charge in [-0.2, -0.15) is 15.3 Å². The summed E-state index contributed by atoms with van der Waals surface area (Å²) < 4.78 is 7.04. The number of nitriles is 1. The number of benzene rings is 2. The Labute approximate surface area is 198 Å². The highest BCUT2D eigenvalue weighted by molar-refractivity contribution is 5.86. The molecule has 8 nitrogen and oxygen atoms in total. The predicted molar refractivity (Wildman–Crippen MR) is 130 cm³/mol. The van der Waals surface area contributed by atoms with Gasteiger partial charge in [0.25, 0.3) is 0 Å². The average Bonchev–Trinajstić information content (AvgIpc) is 3.54. The van der Waals surface area contributed by atoms with Crippen molar-refractivity contribution in [3.8, 4) is 11.8 Å². The number of aromatic nitrogens is 4. The van der Waals surface area contributed by atoms with E-state index >= 15 is 0 Å². The number of ether oxygens (including phenoxy) is 1. The molecule has 1 saturated heterocycles. The zero-order valence-electron chi connectivity index (χ0n) is 19.2.